The molecule has 6 nitrogen and oxygen atoms in total. The van der Waals surface area contributed by atoms with Crippen molar-refractivity contribution in [2.24, 2.45) is 5.73 Å². The van der Waals surface area contributed by atoms with Crippen molar-refractivity contribution in [2.45, 2.75) is 13.0 Å². The average Bonchev–Trinajstić information content (AvgIpc) is 2.50. The fourth-order valence-corrected chi connectivity index (χ4v) is 1.75. The highest BCUT2D eigenvalue weighted by Gasteiger charge is 2.05. The van der Waals surface area contributed by atoms with Gasteiger partial charge in [0.2, 0.25) is 5.82 Å². The molecule has 0 radical (unpaired) electrons. The molecule has 0 aliphatic carbocycles. The molecule has 1 aromatic rings. The quantitative estimate of drug-likeness (QED) is 0.696. The summed E-state index contributed by atoms with van der Waals surface area (Å²) in [6.07, 6.45) is 3.19. The van der Waals surface area contributed by atoms with Crippen molar-refractivity contribution < 1.29 is 8.42 Å². The Hall–Kier alpha value is -1.02. The Morgan fingerprint density at radius 2 is 2.33 bits per heavy atom. The molecule has 0 saturated carbocycles. The number of nitrogens with zero attached hydrogens (tertiary/aromatic N) is 3. The van der Waals surface area contributed by atoms with Crippen LogP contribution in [0, 0.1) is 0 Å². The monoisotopic (exact) mass is 248 g/mol. The fraction of sp³-hybridized carbons (Fsp3) is 0.571. The summed E-state index contributed by atoms with van der Waals surface area (Å²) in [5, 5.41) is 3.97. The summed E-state index contributed by atoms with van der Waals surface area (Å²) < 4.78 is 23.2. The van der Waals surface area contributed by atoms with Crippen molar-refractivity contribution in [3.8, 4) is 0 Å². The summed E-state index contributed by atoms with van der Waals surface area (Å²) in [6, 6.07) is 0. The normalized spacial score (nSPS) is 11.5. The third-order valence-corrected chi connectivity index (χ3v) is 2.87. The molecule has 0 saturated heterocycles. The van der Waals surface area contributed by atoms with E-state index in [0.29, 0.717) is 18.8 Å². The van der Waals surface area contributed by atoms with Gasteiger partial charge in [-0.25, -0.2) is 13.4 Å². The van der Waals surface area contributed by atoms with Gasteiger partial charge in [-0.3, -0.25) is 4.68 Å². The number of thiocarbonyl (C=S) groups is 1. The van der Waals surface area contributed by atoms with Gasteiger partial charge in [0.25, 0.3) is 0 Å². The van der Waals surface area contributed by atoms with E-state index in [1.165, 1.54) is 17.3 Å². The molecule has 0 fully saturated rings. The van der Waals surface area contributed by atoms with Gasteiger partial charge in [0.1, 0.15) is 21.2 Å². The van der Waals surface area contributed by atoms with Crippen molar-refractivity contribution in [3.63, 3.8) is 0 Å². The van der Waals surface area contributed by atoms with Gasteiger partial charge >= 0.3 is 0 Å². The molecule has 0 aliphatic heterocycles. The summed E-state index contributed by atoms with van der Waals surface area (Å²) in [7, 11) is -2.92. The average molecular weight is 248 g/mol. The molecule has 8 heteroatoms. The molecular weight excluding hydrogens is 236 g/mol. The zero-order valence-electron chi connectivity index (χ0n) is 8.25. The van der Waals surface area contributed by atoms with Crippen molar-refractivity contribution in [2.75, 3.05) is 12.0 Å². The molecular formula is C7H12N4O2S2. The van der Waals surface area contributed by atoms with Crippen LogP contribution in [0.15, 0.2) is 6.33 Å². The maximum Gasteiger partial charge on any atom is 0.208 e. The first-order valence-electron chi connectivity index (χ1n) is 4.25. The molecule has 0 bridgehead atoms. The lowest BCUT2D eigenvalue weighted by Crippen LogP contribution is -2.13. The van der Waals surface area contributed by atoms with Gasteiger partial charge in [0, 0.05) is 12.8 Å². The lowest BCUT2D eigenvalue weighted by molar-refractivity contribution is 0.575. The Balaban J connectivity index is 2.48. The molecule has 0 aliphatic rings. The molecule has 84 valence electrons. The van der Waals surface area contributed by atoms with Gasteiger partial charge in [-0.15, -0.1) is 5.10 Å². The molecule has 0 aromatic carbocycles. The van der Waals surface area contributed by atoms with Gasteiger partial charge < -0.3 is 5.73 Å². The van der Waals surface area contributed by atoms with E-state index in [-0.39, 0.29) is 10.7 Å². The molecule has 1 heterocycles. The minimum atomic E-state index is -2.92. The third kappa shape index (κ3) is 4.34. The minimum Gasteiger partial charge on any atom is -0.387 e. The fourth-order valence-electron chi connectivity index (χ4n) is 1.00. The first-order chi connectivity index (χ1) is 6.88. The second-order valence-electron chi connectivity index (χ2n) is 3.18. The Kier molecular flexibility index (Phi) is 3.75. The number of nitrogens with two attached hydrogens (primary N) is 1. The van der Waals surface area contributed by atoms with Crippen molar-refractivity contribution in [3.05, 3.63) is 12.2 Å². The van der Waals surface area contributed by atoms with Crippen LogP contribution >= 0.6 is 12.2 Å². The van der Waals surface area contributed by atoms with Crippen LogP contribution in [0.25, 0.3) is 0 Å². The van der Waals surface area contributed by atoms with Crippen LogP contribution in [0.4, 0.5) is 0 Å². The summed E-state index contributed by atoms with van der Waals surface area (Å²) in [5.74, 6) is 0.444. The van der Waals surface area contributed by atoms with Crippen LogP contribution in [0.3, 0.4) is 0 Å². The van der Waals surface area contributed by atoms with E-state index in [0.717, 1.165) is 0 Å². The van der Waals surface area contributed by atoms with E-state index >= 15 is 0 Å². The molecule has 0 spiro atoms. The number of sulfone groups is 1. The van der Waals surface area contributed by atoms with Gasteiger partial charge in [-0.2, -0.15) is 0 Å². The van der Waals surface area contributed by atoms with Crippen molar-refractivity contribution >= 4 is 27.0 Å². The first kappa shape index (κ1) is 12.1. The van der Waals surface area contributed by atoms with E-state index in [9.17, 15) is 8.42 Å². The van der Waals surface area contributed by atoms with E-state index in [4.69, 9.17) is 18.0 Å². The predicted octanol–water partition coefficient (Wildman–Crippen LogP) is -0.653. The topological polar surface area (TPSA) is 90.9 Å². The highest BCUT2D eigenvalue weighted by Crippen LogP contribution is 1.95. The third-order valence-electron chi connectivity index (χ3n) is 1.66. The highest BCUT2D eigenvalue weighted by molar-refractivity contribution is 7.90. The largest absolute Gasteiger partial charge is 0.387 e. The second-order valence-corrected chi connectivity index (χ2v) is 5.88. The molecule has 2 N–H and O–H groups in total. The molecule has 0 amide bonds. The number of hydrogen-bond acceptors (Lipinski definition) is 5. The van der Waals surface area contributed by atoms with Crippen LogP contribution in [-0.4, -0.2) is 40.2 Å². The van der Waals surface area contributed by atoms with Crippen LogP contribution in [0.5, 0.6) is 0 Å². The van der Waals surface area contributed by atoms with E-state index < -0.39 is 9.84 Å². The van der Waals surface area contributed by atoms with E-state index in [1.807, 2.05) is 0 Å². The Labute approximate surface area is 93.4 Å². The maximum atomic E-state index is 10.8. The lowest BCUT2D eigenvalue weighted by atomic mass is 10.5. The molecule has 1 rings (SSSR count). The lowest BCUT2D eigenvalue weighted by Gasteiger charge is -1.98. The van der Waals surface area contributed by atoms with Crippen LogP contribution < -0.4 is 5.73 Å². The van der Waals surface area contributed by atoms with Crippen LogP contribution in [-0.2, 0) is 16.4 Å². The SMILES string of the molecule is CS(=O)(=O)CCCn1cnc(C(N)=S)n1. The van der Waals surface area contributed by atoms with Crippen LogP contribution in [0.1, 0.15) is 12.2 Å². The van der Waals surface area contributed by atoms with Crippen molar-refractivity contribution in [1.82, 2.24) is 14.8 Å². The standard InChI is InChI=1S/C7H12N4O2S2/c1-15(12,13)4-2-3-11-5-9-7(10-11)6(8)14/h5H,2-4H2,1H3,(H2,8,14). The maximum absolute atomic E-state index is 10.8. The van der Waals surface area contributed by atoms with E-state index in [1.54, 1.807) is 0 Å². The summed E-state index contributed by atoms with van der Waals surface area (Å²) in [4.78, 5) is 4.00. The zero-order valence-corrected chi connectivity index (χ0v) is 9.88. The van der Waals surface area contributed by atoms with E-state index in [2.05, 4.69) is 10.1 Å². The van der Waals surface area contributed by atoms with Gasteiger partial charge in [-0.1, -0.05) is 12.2 Å². The second kappa shape index (κ2) is 4.67. The first-order valence-corrected chi connectivity index (χ1v) is 6.72. The number of hydrogen-bond donors (Lipinski definition) is 1. The number of rotatable bonds is 5. The molecule has 0 atom stereocenters. The molecule has 1 aromatic heterocycles. The van der Waals surface area contributed by atoms with Gasteiger partial charge in [0.05, 0.1) is 5.75 Å². The van der Waals surface area contributed by atoms with Crippen LogP contribution in [0.2, 0.25) is 0 Å². The minimum absolute atomic E-state index is 0.134. The zero-order chi connectivity index (χ0) is 11.5. The summed E-state index contributed by atoms with van der Waals surface area (Å²) >= 11 is 4.69. The summed E-state index contributed by atoms with van der Waals surface area (Å²) in [6.45, 7) is 0.489. The van der Waals surface area contributed by atoms with Crippen molar-refractivity contribution in [1.29, 1.82) is 0 Å². The predicted molar refractivity (Wildman–Crippen MR) is 60.2 cm³/mol. The number of aromatic nitrogens is 3. The van der Waals surface area contributed by atoms with Gasteiger partial charge in [0.15, 0.2) is 0 Å². The Morgan fingerprint density at radius 3 is 2.80 bits per heavy atom. The molecule has 0 unspecified atom stereocenters. The molecule has 15 heavy (non-hydrogen) atoms. The Morgan fingerprint density at radius 1 is 1.67 bits per heavy atom. The summed E-state index contributed by atoms with van der Waals surface area (Å²) in [5.41, 5.74) is 5.32. The Bertz CT molecular complexity index is 451. The smallest absolute Gasteiger partial charge is 0.208 e. The van der Waals surface area contributed by atoms with Gasteiger partial charge in [-0.05, 0) is 6.42 Å². The highest BCUT2D eigenvalue weighted by atomic mass is 32.2. The number of aryl methyl sites for hydroxylation is 1.